The molecule has 10 rings (SSSR count). The summed E-state index contributed by atoms with van der Waals surface area (Å²) < 4.78 is 0. The number of benzene rings is 7. The van der Waals surface area contributed by atoms with Gasteiger partial charge in [0.2, 0.25) is 0 Å². The van der Waals surface area contributed by atoms with Crippen LogP contribution in [0.5, 0.6) is 0 Å². The molecule has 3 aliphatic rings. The van der Waals surface area contributed by atoms with E-state index in [0.29, 0.717) is 0 Å². The Morgan fingerprint density at radius 3 is 1.69 bits per heavy atom. The van der Waals surface area contributed by atoms with Gasteiger partial charge in [-0.15, -0.1) is 0 Å². The average molecular weight is 712 g/mol. The van der Waals surface area contributed by atoms with E-state index in [-0.39, 0.29) is 5.41 Å². The fourth-order valence-electron chi connectivity index (χ4n) is 9.76. The normalized spacial score (nSPS) is 15.7. The van der Waals surface area contributed by atoms with Crippen molar-refractivity contribution in [2.24, 2.45) is 0 Å². The van der Waals surface area contributed by atoms with Crippen LogP contribution in [0.1, 0.15) is 66.6 Å². The molecule has 0 atom stereocenters. The number of hydrogen-bond acceptors (Lipinski definition) is 2. The number of nitrogens with zero attached hydrogens (tertiary/aromatic N) is 1. The fourth-order valence-corrected chi connectivity index (χ4v) is 11.0. The van der Waals surface area contributed by atoms with Crippen LogP contribution in [0.25, 0.3) is 32.9 Å². The number of anilines is 2. The lowest BCUT2D eigenvalue weighted by Gasteiger charge is -2.41. The van der Waals surface area contributed by atoms with Crippen molar-refractivity contribution in [2.45, 2.75) is 43.4 Å². The molecule has 0 amide bonds. The third kappa shape index (κ3) is 4.53. The van der Waals surface area contributed by atoms with E-state index in [0.717, 1.165) is 17.1 Å². The predicted molar refractivity (Wildman–Crippen MR) is 229 cm³/mol. The van der Waals surface area contributed by atoms with Crippen LogP contribution in [0.2, 0.25) is 0 Å². The third-order valence-corrected chi connectivity index (χ3v) is 13.5. The van der Waals surface area contributed by atoms with Gasteiger partial charge in [0.15, 0.2) is 0 Å². The summed E-state index contributed by atoms with van der Waals surface area (Å²) in [5.74, 6) is 0. The largest absolute Gasteiger partial charge is 0.310 e. The molecular formula is C52H41NS. The first-order chi connectivity index (χ1) is 26.4. The second-order valence-electron chi connectivity index (χ2n) is 15.2. The second-order valence-corrected chi connectivity index (χ2v) is 16.2. The molecule has 2 aliphatic carbocycles. The molecule has 1 heterocycles. The van der Waals surface area contributed by atoms with E-state index >= 15 is 0 Å². The Kier molecular flexibility index (Phi) is 7.51. The molecule has 7 aromatic rings. The smallest absolute Gasteiger partial charge is 0.0695 e. The highest BCUT2D eigenvalue weighted by molar-refractivity contribution is 8.08. The van der Waals surface area contributed by atoms with Crippen molar-refractivity contribution in [3.8, 4) is 22.3 Å². The molecule has 0 radical (unpaired) electrons. The van der Waals surface area contributed by atoms with Crippen LogP contribution in [-0.4, -0.2) is 0 Å². The monoisotopic (exact) mass is 711 g/mol. The molecule has 2 heteroatoms. The standard InChI is InChI=1S/C52H41NS/c1-5-48(53(35-19-7-6-8-20-35)36-31-32-40-37-21-11-14-26-43(37)51(3,4)47(40)33-36)41-24-9-10-25-42(41)50-34(2)52(46-29-17-18-30-49(46)54-50)44-27-15-12-22-38(44)39-23-13-16-28-45(39)52/h5-33H,1-4H3/b48-5+. The molecule has 0 N–H and O–H groups in total. The van der Waals surface area contributed by atoms with E-state index < -0.39 is 5.41 Å². The molecule has 0 aromatic heterocycles. The highest BCUT2D eigenvalue weighted by Gasteiger charge is 2.50. The highest BCUT2D eigenvalue weighted by Crippen LogP contribution is 2.63. The fraction of sp³-hybridized carbons (Fsp3) is 0.115. The van der Waals surface area contributed by atoms with E-state index in [1.54, 1.807) is 0 Å². The highest BCUT2D eigenvalue weighted by atomic mass is 32.2. The maximum atomic E-state index is 2.46. The zero-order valence-electron chi connectivity index (χ0n) is 31.1. The summed E-state index contributed by atoms with van der Waals surface area (Å²) in [6.07, 6.45) is 2.30. The van der Waals surface area contributed by atoms with Crippen LogP contribution in [0.3, 0.4) is 0 Å². The van der Waals surface area contributed by atoms with Gasteiger partial charge < -0.3 is 4.90 Å². The second kappa shape index (κ2) is 12.4. The average Bonchev–Trinajstić information content (AvgIpc) is 3.64. The van der Waals surface area contributed by atoms with Crippen LogP contribution in [0, 0.1) is 0 Å². The summed E-state index contributed by atoms with van der Waals surface area (Å²) in [5, 5.41) is 0. The molecule has 1 aliphatic heterocycles. The van der Waals surface area contributed by atoms with Crippen LogP contribution >= 0.6 is 11.8 Å². The van der Waals surface area contributed by atoms with Crippen molar-refractivity contribution in [1.29, 1.82) is 0 Å². The Morgan fingerprint density at radius 1 is 0.500 bits per heavy atom. The number of thioether (sulfide) groups is 1. The first kappa shape index (κ1) is 32.8. The first-order valence-electron chi connectivity index (χ1n) is 19.0. The number of allylic oxidation sites excluding steroid dienone is 2. The molecule has 260 valence electrons. The zero-order chi connectivity index (χ0) is 36.6. The molecule has 0 saturated heterocycles. The van der Waals surface area contributed by atoms with Gasteiger partial charge in [0.1, 0.15) is 0 Å². The maximum Gasteiger partial charge on any atom is 0.0695 e. The van der Waals surface area contributed by atoms with E-state index in [9.17, 15) is 0 Å². The van der Waals surface area contributed by atoms with Crippen LogP contribution in [-0.2, 0) is 10.8 Å². The minimum atomic E-state index is -0.396. The topological polar surface area (TPSA) is 3.24 Å². The van der Waals surface area contributed by atoms with Crippen molar-refractivity contribution in [1.82, 2.24) is 0 Å². The third-order valence-electron chi connectivity index (χ3n) is 12.2. The van der Waals surface area contributed by atoms with Gasteiger partial charge in [-0.2, -0.15) is 0 Å². The van der Waals surface area contributed by atoms with Crippen LogP contribution in [0.15, 0.2) is 186 Å². The number of para-hydroxylation sites is 1. The first-order valence-corrected chi connectivity index (χ1v) is 19.8. The summed E-state index contributed by atoms with van der Waals surface area (Å²) in [6, 6.07) is 63.1. The van der Waals surface area contributed by atoms with Gasteiger partial charge in [-0.1, -0.05) is 171 Å². The minimum absolute atomic E-state index is 0.103. The molecule has 1 spiro atoms. The molecule has 0 fully saturated rings. The summed E-state index contributed by atoms with van der Waals surface area (Å²) in [5.41, 5.74) is 19.0. The molecule has 7 aromatic carbocycles. The Bertz CT molecular complexity index is 2650. The van der Waals surface area contributed by atoms with Crippen LogP contribution in [0.4, 0.5) is 11.4 Å². The van der Waals surface area contributed by atoms with Crippen molar-refractivity contribution >= 4 is 33.7 Å². The van der Waals surface area contributed by atoms with Crippen molar-refractivity contribution in [3.05, 3.63) is 220 Å². The van der Waals surface area contributed by atoms with Crippen molar-refractivity contribution < 1.29 is 0 Å². The lowest BCUT2D eigenvalue weighted by molar-refractivity contribution is 0.660. The Balaban J connectivity index is 1.19. The summed E-state index contributed by atoms with van der Waals surface area (Å²) in [7, 11) is 0. The van der Waals surface area contributed by atoms with E-state index in [1.165, 1.54) is 76.6 Å². The summed E-state index contributed by atoms with van der Waals surface area (Å²) in [4.78, 5) is 5.08. The zero-order valence-corrected chi connectivity index (χ0v) is 31.9. The number of hydrogen-bond donors (Lipinski definition) is 0. The lowest BCUT2D eigenvalue weighted by atomic mass is 9.67. The Morgan fingerprint density at radius 2 is 1.02 bits per heavy atom. The van der Waals surface area contributed by atoms with E-state index in [2.05, 4.69) is 209 Å². The van der Waals surface area contributed by atoms with Gasteiger partial charge >= 0.3 is 0 Å². The quantitative estimate of drug-likeness (QED) is 0.175. The summed E-state index contributed by atoms with van der Waals surface area (Å²) >= 11 is 1.92. The molecule has 1 nitrogen and oxygen atoms in total. The minimum Gasteiger partial charge on any atom is -0.310 e. The number of rotatable bonds is 5. The SMILES string of the molecule is C/C=C(\c1ccccc1C1=C(C)C2(c3ccccc3S1)c1ccccc1-c1ccccc12)N(c1ccccc1)c1ccc2c(c1)C(C)(C)c1ccccc1-2. The maximum absolute atomic E-state index is 2.46. The molecule has 0 bridgehead atoms. The summed E-state index contributed by atoms with van der Waals surface area (Å²) in [6.45, 7) is 9.30. The van der Waals surface area contributed by atoms with Gasteiger partial charge in [0.05, 0.1) is 5.41 Å². The van der Waals surface area contributed by atoms with Gasteiger partial charge in [0.25, 0.3) is 0 Å². The van der Waals surface area contributed by atoms with Crippen molar-refractivity contribution in [3.63, 3.8) is 0 Å². The molecule has 0 saturated carbocycles. The van der Waals surface area contributed by atoms with E-state index in [4.69, 9.17) is 0 Å². The lowest BCUT2D eigenvalue weighted by Crippen LogP contribution is -2.32. The molecular weight excluding hydrogens is 671 g/mol. The predicted octanol–water partition coefficient (Wildman–Crippen LogP) is 14.0. The van der Waals surface area contributed by atoms with Gasteiger partial charge in [-0.3, -0.25) is 0 Å². The van der Waals surface area contributed by atoms with Crippen molar-refractivity contribution in [2.75, 3.05) is 4.90 Å². The van der Waals surface area contributed by atoms with E-state index in [1.807, 2.05) is 11.8 Å². The Hall–Kier alpha value is -5.83. The molecule has 54 heavy (non-hydrogen) atoms. The number of fused-ring (bicyclic) bond motifs is 10. The van der Waals surface area contributed by atoms with Gasteiger partial charge in [-0.25, -0.2) is 0 Å². The Labute approximate surface area is 323 Å². The molecule has 0 unspecified atom stereocenters. The van der Waals surface area contributed by atoms with Crippen LogP contribution < -0.4 is 4.90 Å². The van der Waals surface area contributed by atoms with Gasteiger partial charge in [-0.05, 0) is 105 Å². The van der Waals surface area contributed by atoms with Gasteiger partial charge in [0, 0.05) is 37.9 Å².